The second kappa shape index (κ2) is 7.40. The highest BCUT2D eigenvalue weighted by Gasteiger charge is 2.22. The fourth-order valence-corrected chi connectivity index (χ4v) is 3.53. The van der Waals surface area contributed by atoms with Gasteiger partial charge in [-0.05, 0) is 24.1 Å². The molecule has 1 aliphatic heterocycles. The van der Waals surface area contributed by atoms with Crippen molar-refractivity contribution in [2.24, 2.45) is 7.05 Å². The van der Waals surface area contributed by atoms with Gasteiger partial charge in [0.05, 0.1) is 30.2 Å². The van der Waals surface area contributed by atoms with Crippen LogP contribution in [0.15, 0.2) is 59.4 Å². The van der Waals surface area contributed by atoms with Gasteiger partial charge in [-0.1, -0.05) is 42.5 Å². The molecule has 0 radical (unpaired) electrons. The third-order valence-corrected chi connectivity index (χ3v) is 4.97. The molecule has 1 atom stereocenters. The Morgan fingerprint density at radius 2 is 1.88 bits per heavy atom. The Hall–Kier alpha value is -2.50. The summed E-state index contributed by atoms with van der Waals surface area (Å²) < 4.78 is 7.61. The van der Waals surface area contributed by atoms with Crippen LogP contribution in [-0.4, -0.2) is 40.3 Å². The van der Waals surface area contributed by atoms with Crippen LogP contribution in [0.3, 0.4) is 0 Å². The van der Waals surface area contributed by atoms with Crippen molar-refractivity contribution in [3.8, 4) is 0 Å². The number of ether oxygens (including phenoxy) is 1. The van der Waals surface area contributed by atoms with Gasteiger partial charge in [0.2, 0.25) is 0 Å². The summed E-state index contributed by atoms with van der Waals surface area (Å²) in [4.78, 5) is 19.6. The van der Waals surface area contributed by atoms with E-state index in [1.165, 1.54) is 5.56 Å². The molecule has 2 heterocycles. The van der Waals surface area contributed by atoms with Gasteiger partial charge >= 0.3 is 0 Å². The molecule has 26 heavy (non-hydrogen) atoms. The van der Waals surface area contributed by atoms with E-state index in [4.69, 9.17) is 9.72 Å². The third-order valence-electron chi connectivity index (χ3n) is 4.97. The quantitative estimate of drug-likeness (QED) is 0.726. The molecule has 0 bridgehead atoms. The fourth-order valence-electron chi connectivity index (χ4n) is 3.53. The fraction of sp³-hybridized carbons (Fsp3) is 0.333. The highest BCUT2D eigenvalue weighted by atomic mass is 16.5. The second-order valence-corrected chi connectivity index (χ2v) is 6.83. The molecule has 0 unspecified atom stereocenters. The Labute approximate surface area is 152 Å². The van der Waals surface area contributed by atoms with Gasteiger partial charge in [-0.25, -0.2) is 4.98 Å². The maximum absolute atomic E-state index is 12.6. The molecule has 2 aromatic carbocycles. The van der Waals surface area contributed by atoms with E-state index in [1.807, 2.05) is 30.3 Å². The van der Waals surface area contributed by atoms with E-state index in [1.54, 1.807) is 11.6 Å². The van der Waals surface area contributed by atoms with Crippen molar-refractivity contribution < 1.29 is 4.74 Å². The van der Waals surface area contributed by atoms with Crippen LogP contribution in [0, 0.1) is 0 Å². The minimum absolute atomic E-state index is 0.0136. The molecular weight excluding hydrogens is 326 g/mol. The van der Waals surface area contributed by atoms with Crippen LogP contribution in [0.2, 0.25) is 0 Å². The molecule has 0 N–H and O–H groups in total. The molecule has 1 aromatic heterocycles. The van der Waals surface area contributed by atoms with Crippen LogP contribution in [0.1, 0.15) is 11.4 Å². The smallest absolute Gasteiger partial charge is 0.261 e. The lowest BCUT2D eigenvalue weighted by Gasteiger charge is -2.33. The number of morpholine rings is 1. The van der Waals surface area contributed by atoms with Gasteiger partial charge < -0.3 is 4.74 Å². The number of hydrogen-bond acceptors (Lipinski definition) is 4. The summed E-state index contributed by atoms with van der Waals surface area (Å²) in [6.45, 7) is 3.07. The minimum atomic E-state index is 0.0136. The molecule has 3 aromatic rings. The summed E-state index contributed by atoms with van der Waals surface area (Å²) in [6.07, 6.45) is 1.07. The van der Waals surface area contributed by atoms with Crippen molar-refractivity contribution in [2.45, 2.75) is 19.1 Å². The number of rotatable bonds is 4. The zero-order chi connectivity index (χ0) is 17.9. The first-order valence-electron chi connectivity index (χ1n) is 9.03. The Morgan fingerprint density at radius 1 is 1.12 bits per heavy atom. The first kappa shape index (κ1) is 16.9. The van der Waals surface area contributed by atoms with Gasteiger partial charge in [-0.15, -0.1) is 0 Å². The summed E-state index contributed by atoms with van der Waals surface area (Å²) in [5.41, 5.74) is 2.06. The predicted octanol–water partition coefficient (Wildman–Crippen LogP) is 2.38. The van der Waals surface area contributed by atoms with Gasteiger partial charge in [0.25, 0.3) is 5.56 Å². The van der Waals surface area contributed by atoms with Crippen molar-refractivity contribution in [1.82, 2.24) is 14.5 Å². The molecule has 4 rings (SSSR count). The highest BCUT2D eigenvalue weighted by Crippen LogP contribution is 2.14. The van der Waals surface area contributed by atoms with E-state index < -0.39 is 0 Å². The van der Waals surface area contributed by atoms with Gasteiger partial charge in [0, 0.05) is 20.1 Å². The van der Waals surface area contributed by atoms with Gasteiger partial charge in [0.15, 0.2) is 0 Å². The first-order valence-corrected chi connectivity index (χ1v) is 9.03. The molecule has 0 amide bonds. The Kier molecular flexibility index (Phi) is 4.82. The van der Waals surface area contributed by atoms with E-state index in [-0.39, 0.29) is 11.7 Å². The molecular formula is C21H23N3O2. The molecule has 5 nitrogen and oxygen atoms in total. The lowest BCUT2D eigenvalue weighted by atomic mass is 10.1. The van der Waals surface area contributed by atoms with Gasteiger partial charge in [-0.3, -0.25) is 14.3 Å². The molecule has 1 aliphatic rings. The van der Waals surface area contributed by atoms with Crippen LogP contribution in [0.5, 0.6) is 0 Å². The number of benzene rings is 2. The first-order chi connectivity index (χ1) is 12.7. The third kappa shape index (κ3) is 3.54. The van der Waals surface area contributed by atoms with E-state index in [0.29, 0.717) is 18.5 Å². The molecule has 0 aliphatic carbocycles. The number of hydrogen-bond donors (Lipinski definition) is 0. The lowest BCUT2D eigenvalue weighted by molar-refractivity contribution is -0.0315. The summed E-state index contributed by atoms with van der Waals surface area (Å²) in [7, 11) is 1.80. The Morgan fingerprint density at radius 3 is 2.73 bits per heavy atom. The maximum atomic E-state index is 12.6. The van der Waals surface area contributed by atoms with Crippen LogP contribution in [0.25, 0.3) is 10.9 Å². The topological polar surface area (TPSA) is 47.4 Å². The minimum Gasteiger partial charge on any atom is -0.375 e. The summed E-state index contributed by atoms with van der Waals surface area (Å²) in [5, 5.41) is 0.669. The van der Waals surface area contributed by atoms with Crippen molar-refractivity contribution in [2.75, 3.05) is 19.7 Å². The number of para-hydroxylation sites is 1. The number of nitrogens with zero attached hydrogens (tertiary/aromatic N) is 3. The van der Waals surface area contributed by atoms with Crippen LogP contribution < -0.4 is 5.56 Å². The zero-order valence-corrected chi connectivity index (χ0v) is 15.0. The van der Waals surface area contributed by atoms with Gasteiger partial charge in [-0.2, -0.15) is 0 Å². The SMILES string of the molecule is Cn1c(CN2CCO[C@H](Cc3ccccc3)C2)nc2ccccc2c1=O. The monoisotopic (exact) mass is 349 g/mol. The standard InChI is InChI=1S/C21H23N3O2/c1-23-20(22-19-10-6-5-9-18(19)21(23)25)15-24-11-12-26-17(14-24)13-16-7-3-2-4-8-16/h2-10,17H,11-15H2,1H3/t17-/m1/s1. The largest absolute Gasteiger partial charge is 0.375 e. The summed E-state index contributed by atoms with van der Waals surface area (Å²) in [6, 6.07) is 18.0. The molecule has 1 fully saturated rings. The molecule has 1 saturated heterocycles. The normalized spacial score (nSPS) is 18.3. The van der Waals surface area contributed by atoms with Crippen LogP contribution in [-0.2, 0) is 24.8 Å². The maximum Gasteiger partial charge on any atom is 0.261 e. The van der Waals surface area contributed by atoms with Crippen molar-refractivity contribution in [3.05, 3.63) is 76.3 Å². The van der Waals surface area contributed by atoms with Crippen molar-refractivity contribution in [1.29, 1.82) is 0 Å². The molecule has 5 heteroatoms. The average Bonchev–Trinajstić information content (AvgIpc) is 2.67. The van der Waals surface area contributed by atoms with E-state index in [9.17, 15) is 4.79 Å². The zero-order valence-electron chi connectivity index (χ0n) is 15.0. The predicted molar refractivity (Wildman–Crippen MR) is 102 cm³/mol. The second-order valence-electron chi connectivity index (χ2n) is 6.83. The Balaban J connectivity index is 1.51. The molecule has 134 valence electrons. The van der Waals surface area contributed by atoms with Crippen LogP contribution >= 0.6 is 0 Å². The molecule has 0 spiro atoms. The Bertz CT molecular complexity index is 952. The highest BCUT2D eigenvalue weighted by molar-refractivity contribution is 5.77. The lowest BCUT2D eigenvalue weighted by Crippen LogP contribution is -2.43. The van der Waals surface area contributed by atoms with E-state index in [0.717, 1.165) is 30.9 Å². The van der Waals surface area contributed by atoms with E-state index in [2.05, 4.69) is 29.2 Å². The van der Waals surface area contributed by atoms with Crippen molar-refractivity contribution in [3.63, 3.8) is 0 Å². The number of aromatic nitrogens is 2. The van der Waals surface area contributed by atoms with Gasteiger partial charge in [0.1, 0.15) is 5.82 Å². The average molecular weight is 349 g/mol. The van der Waals surface area contributed by atoms with Crippen molar-refractivity contribution >= 4 is 10.9 Å². The number of fused-ring (bicyclic) bond motifs is 1. The molecule has 0 saturated carbocycles. The summed E-state index contributed by atoms with van der Waals surface area (Å²) in [5.74, 6) is 0.800. The van der Waals surface area contributed by atoms with E-state index >= 15 is 0 Å². The summed E-state index contributed by atoms with van der Waals surface area (Å²) >= 11 is 0. The van der Waals surface area contributed by atoms with Crippen LogP contribution in [0.4, 0.5) is 0 Å².